The normalized spacial score (nSPS) is 10.7. The molecule has 102 valence electrons. The molecule has 0 aliphatic carbocycles. The van der Waals surface area contributed by atoms with Gasteiger partial charge in [0.2, 0.25) is 0 Å². The molecule has 5 heteroatoms. The maximum absolute atomic E-state index is 12.7. The van der Waals surface area contributed by atoms with E-state index in [0.717, 1.165) is 23.7 Å². The lowest BCUT2D eigenvalue weighted by molar-refractivity contribution is 0.321. The zero-order valence-corrected chi connectivity index (χ0v) is 11.9. The predicted molar refractivity (Wildman–Crippen MR) is 75.2 cm³/mol. The SMILES string of the molecule is CNCc1sc(CCOc2ccc(F)cc2)nc1C. The Morgan fingerprint density at radius 1 is 1.32 bits per heavy atom. The molecule has 3 nitrogen and oxygen atoms in total. The molecule has 0 amide bonds. The van der Waals surface area contributed by atoms with Crippen molar-refractivity contribution in [3.63, 3.8) is 0 Å². The van der Waals surface area contributed by atoms with Gasteiger partial charge >= 0.3 is 0 Å². The van der Waals surface area contributed by atoms with E-state index < -0.39 is 0 Å². The Labute approximate surface area is 116 Å². The van der Waals surface area contributed by atoms with Gasteiger partial charge in [-0.15, -0.1) is 11.3 Å². The van der Waals surface area contributed by atoms with Crippen molar-refractivity contribution >= 4 is 11.3 Å². The molecule has 1 aromatic heterocycles. The van der Waals surface area contributed by atoms with Gasteiger partial charge in [-0.2, -0.15) is 0 Å². The van der Waals surface area contributed by atoms with E-state index in [1.165, 1.54) is 17.0 Å². The van der Waals surface area contributed by atoms with E-state index in [1.807, 2.05) is 14.0 Å². The molecule has 1 aromatic carbocycles. The zero-order valence-electron chi connectivity index (χ0n) is 11.1. The highest BCUT2D eigenvalue weighted by molar-refractivity contribution is 7.11. The first-order valence-electron chi connectivity index (χ1n) is 6.17. The lowest BCUT2D eigenvalue weighted by Gasteiger charge is -2.04. The second kappa shape index (κ2) is 6.63. The molecular formula is C14H17FN2OS. The number of thiazole rings is 1. The summed E-state index contributed by atoms with van der Waals surface area (Å²) in [6.07, 6.45) is 0.770. The summed E-state index contributed by atoms with van der Waals surface area (Å²) in [7, 11) is 1.93. The van der Waals surface area contributed by atoms with Gasteiger partial charge in [-0.25, -0.2) is 9.37 Å². The molecule has 0 saturated heterocycles. The number of aryl methyl sites for hydroxylation is 1. The summed E-state index contributed by atoms with van der Waals surface area (Å²) in [6, 6.07) is 6.06. The molecule has 0 radical (unpaired) electrons. The largest absolute Gasteiger partial charge is 0.493 e. The first kappa shape index (κ1) is 14.0. The quantitative estimate of drug-likeness (QED) is 0.883. The molecule has 0 aliphatic rings. The first-order chi connectivity index (χ1) is 9.19. The van der Waals surface area contributed by atoms with Crippen LogP contribution in [0.15, 0.2) is 24.3 Å². The summed E-state index contributed by atoms with van der Waals surface area (Å²) in [5.41, 5.74) is 1.08. The Bertz CT molecular complexity index is 525. The van der Waals surface area contributed by atoms with Crippen molar-refractivity contribution in [2.24, 2.45) is 0 Å². The van der Waals surface area contributed by atoms with Crippen LogP contribution in [0.3, 0.4) is 0 Å². The van der Waals surface area contributed by atoms with Crippen LogP contribution in [0.2, 0.25) is 0 Å². The monoisotopic (exact) mass is 280 g/mol. The highest BCUT2D eigenvalue weighted by Gasteiger charge is 2.06. The molecule has 0 spiro atoms. The number of hydrogen-bond donors (Lipinski definition) is 1. The molecule has 0 fully saturated rings. The van der Waals surface area contributed by atoms with Crippen molar-refractivity contribution in [2.45, 2.75) is 19.9 Å². The summed E-state index contributed by atoms with van der Waals surface area (Å²) < 4.78 is 18.3. The average molecular weight is 280 g/mol. The van der Waals surface area contributed by atoms with Crippen molar-refractivity contribution in [3.05, 3.63) is 45.7 Å². The molecule has 2 rings (SSSR count). The molecule has 0 unspecified atom stereocenters. The minimum Gasteiger partial charge on any atom is -0.493 e. The van der Waals surface area contributed by atoms with Crippen LogP contribution in [0, 0.1) is 12.7 Å². The number of ether oxygens (including phenoxy) is 1. The van der Waals surface area contributed by atoms with Crippen molar-refractivity contribution in [2.75, 3.05) is 13.7 Å². The highest BCUT2D eigenvalue weighted by Crippen LogP contribution is 2.19. The average Bonchev–Trinajstić information content (AvgIpc) is 2.73. The minimum absolute atomic E-state index is 0.250. The molecule has 1 heterocycles. The molecule has 0 atom stereocenters. The van der Waals surface area contributed by atoms with Gasteiger partial charge in [0.05, 0.1) is 17.3 Å². The molecule has 0 bridgehead atoms. The van der Waals surface area contributed by atoms with Crippen molar-refractivity contribution in [3.8, 4) is 5.75 Å². The molecule has 19 heavy (non-hydrogen) atoms. The Morgan fingerprint density at radius 3 is 2.74 bits per heavy atom. The Morgan fingerprint density at radius 2 is 2.05 bits per heavy atom. The summed E-state index contributed by atoms with van der Waals surface area (Å²) in [5, 5.41) is 4.20. The van der Waals surface area contributed by atoms with Crippen molar-refractivity contribution in [1.29, 1.82) is 0 Å². The summed E-state index contributed by atoms with van der Waals surface area (Å²) >= 11 is 1.71. The van der Waals surface area contributed by atoms with Crippen LogP contribution < -0.4 is 10.1 Å². The van der Waals surface area contributed by atoms with Crippen LogP contribution in [0.5, 0.6) is 5.75 Å². The molecular weight excluding hydrogens is 263 g/mol. The van der Waals surface area contributed by atoms with Gasteiger partial charge in [0.15, 0.2) is 0 Å². The van der Waals surface area contributed by atoms with Crippen LogP contribution >= 0.6 is 11.3 Å². The van der Waals surface area contributed by atoms with Gasteiger partial charge in [0.1, 0.15) is 11.6 Å². The topological polar surface area (TPSA) is 34.1 Å². The van der Waals surface area contributed by atoms with E-state index >= 15 is 0 Å². The fourth-order valence-corrected chi connectivity index (χ4v) is 2.77. The summed E-state index contributed by atoms with van der Waals surface area (Å²) in [5.74, 6) is 0.435. The summed E-state index contributed by atoms with van der Waals surface area (Å²) in [4.78, 5) is 5.78. The maximum Gasteiger partial charge on any atom is 0.123 e. The van der Waals surface area contributed by atoms with Crippen molar-refractivity contribution < 1.29 is 9.13 Å². The van der Waals surface area contributed by atoms with Gasteiger partial charge in [-0.1, -0.05) is 0 Å². The molecule has 1 N–H and O–H groups in total. The second-order valence-electron chi connectivity index (χ2n) is 4.20. The number of nitrogens with one attached hydrogen (secondary N) is 1. The lowest BCUT2D eigenvalue weighted by atomic mass is 10.3. The smallest absolute Gasteiger partial charge is 0.123 e. The van der Waals surface area contributed by atoms with Crippen LogP contribution in [-0.4, -0.2) is 18.6 Å². The summed E-state index contributed by atoms with van der Waals surface area (Å²) in [6.45, 7) is 3.42. The van der Waals surface area contributed by atoms with E-state index in [0.29, 0.717) is 12.4 Å². The van der Waals surface area contributed by atoms with Crippen LogP contribution in [0.25, 0.3) is 0 Å². The number of benzene rings is 1. The number of halogens is 1. The standard InChI is InChI=1S/C14H17FN2OS/c1-10-13(9-16-2)19-14(17-10)7-8-18-12-5-3-11(15)4-6-12/h3-6,16H,7-9H2,1-2H3. The second-order valence-corrected chi connectivity index (χ2v) is 5.37. The van der Waals surface area contributed by atoms with E-state index in [9.17, 15) is 4.39 Å². The number of rotatable bonds is 6. The number of nitrogens with zero attached hydrogens (tertiary/aromatic N) is 1. The van der Waals surface area contributed by atoms with E-state index in [1.54, 1.807) is 23.5 Å². The minimum atomic E-state index is -0.250. The molecule has 0 aliphatic heterocycles. The Hall–Kier alpha value is -1.46. The molecule has 2 aromatic rings. The zero-order chi connectivity index (χ0) is 13.7. The van der Waals surface area contributed by atoms with Crippen LogP contribution in [0.4, 0.5) is 4.39 Å². The Kier molecular flexibility index (Phi) is 4.87. The third kappa shape index (κ3) is 4.01. The highest BCUT2D eigenvalue weighted by atomic mass is 32.1. The predicted octanol–water partition coefficient (Wildman–Crippen LogP) is 2.93. The van der Waals surface area contributed by atoms with Gasteiger partial charge in [-0.3, -0.25) is 0 Å². The Balaban J connectivity index is 1.85. The third-order valence-corrected chi connectivity index (χ3v) is 3.89. The van der Waals surface area contributed by atoms with E-state index in [4.69, 9.17) is 4.74 Å². The van der Waals surface area contributed by atoms with Crippen LogP contribution in [-0.2, 0) is 13.0 Å². The van der Waals surface area contributed by atoms with E-state index in [-0.39, 0.29) is 5.82 Å². The first-order valence-corrected chi connectivity index (χ1v) is 6.99. The fraction of sp³-hybridized carbons (Fsp3) is 0.357. The number of hydrogen-bond acceptors (Lipinski definition) is 4. The van der Waals surface area contributed by atoms with Gasteiger partial charge < -0.3 is 10.1 Å². The maximum atomic E-state index is 12.7. The van der Waals surface area contributed by atoms with E-state index in [2.05, 4.69) is 10.3 Å². The lowest BCUT2D eigenvalue weighted by Crippen LogP contribution is -2.04. The van der Waals surface area contributed by atoms with Gasteiger partial charge in [-0.05, 0) is 38.2 Å². The third-order valence-electron chi connectivity index (χ3n) is 2.67. The fourth-order valence-electron chi connectivity index (χ4n) is 1.71. The van der Waals surface area contributed by atoms with Crippen molar-refractivity contribution in [1.82, 2.24) is 10.3 Å². The van der Waals surface area contributed by atoms with Gasteiger partial charge in [0.25, 0.3) is 0 Å². The molecule has 0 saturated carbocycles. The van der Waals surface area contributed by atoms with Gasteiger partial charge in [0, 0.05) is 17.8 Å². The van der Waals surface area contributed by atoms with Crippen LogP contribution in [0.1, 0.15) is 15.6 Å². The number of aromatic nitrogens is 1.